The highest BCUT2D eigenvalue weighted by atomic mass is 32.2. The monoisotopic (exact) mass is 290 g/mol. The number of hydrogen-bond acceptors (Lipinski definition) is 3. The lowest BCUT2D eigenvalue weighted by Crippen LogP contribution is -1.97. The lowest BCUT2D eigenvalue weighted by atomic mass is 10.1. The standard InChI is InChI=1S/C17H22O2S/c1-19-17-10-9-14(6-4-5-11-18)12-15(17)13-20-16-7-2-3-8-16/h9-10,12,16,18H,2-3,5,7-8,11,13H2,1H3. The van der Waals surface area contributed by atoms with Crippen LogP contribution in [0.25, 0.3) is 0 Å². The Morgan fingerprint density at radius 2 is 2.15 bits per heavy atom. The van der Waals surface area contributed by atoms with E-state index < -0.39 is 0 Å². The Balaban J connectivity index is 2.04. The van der Waals surface area contributed by atoms with E-state index in [-0.39, 0.29) is 6.61 Å². The lowest BCUT2D eigenvalue weighted by molar-refractivity contribution is 0.305. The molecule has 3 heteroatoms. The van der Waals surface area contributed by atoms with Crippen LogP contribution >= 0.6 is 11.8 Å². The molecule has 2 rings (SSSR count). The van der Waals surface area contributed by atoms with E-state index in [1.54, 1.807) is 7.11 Å². The van der Waals surface area contributed by atoms with Crippen LogP contribution in [0.3, 0.4) is 0 Å². The first-order valence-electron chi connectivity index (χ1n) is 7.21. The highest BCUT2D eigenvalue weighted by molar-refractivity contribution is 7.99. The second kappa shape index (κ2) is 8.24. The van der Waals surface area contributed by atoms with Crippen molar-refractivity contribution in [3.8, 4) is 17.6 Å². The van der Waals surface area contributed by atoms with Crippen LogP contribution in [0.5, 0.6) is 5.75 Å². The van der Waals surface area contributed by atoms with E-state index in [1.165, 1.54) is 31.2 Å². The summed E-state index contributed by atoms with van der Waals surface area (Å²) in [5.74, 6) is 7.99. The van der Waals surface area contributed by atoms with Gasteiger partial charge in [-0.15, -0.1) is 0 Å². The summed E-state index contributed by atoms with van der Waals surface area (Å²) in [7, 11) is 1.72. The SMILES string of the molecule is COc1ccc(C#CCCO)cc1CSC1CCCC1. The van der Waals surface area contributed by atoms with E-state index in [2.05, 4.69) is 17.9 Å². The number of aliphatic hydroxyl groups excluding tert-OH is 1. The molecule has 1 saturated carbocycles. The van der Waals surface area contributed by atoms with Gasteiger partial charge in [-0.3, -0.25) is 0 Å². The molecule has 0 atom stereocenters. The van der Waals surface area contributed by atoms with Gasteiger partial charge in [0.1, 0.15) is 5.75 Å². The zero-order valence-corrected chi connectivity index (χ0v) is 12.8. The summed E-state index contributed by atoms with van der Waals surface area (Å²) in [5, 5.41) is 9.57. The molecule has 1 fully saturated rings. The smallest absolute Gasteiger partial charge is 0.122 e. The van der Waals surface area contributed by atoms with Crippen LogP contribution in [0.15, 0.2) is 18.2 Å². The number of benzene rings is 1. The molecule has 2 nitrogen and oxygen atoms in total. The van der Waals surface area contributed by atoms with E-state index in [9.17, 15) is 0 Å². The van der Waals surface area contributed by atoms with Crippen LogP contribution in [0.4, 0.5) is 0 Å². The van der Waals surface area contributed by atoms with Gasteiger partial charge in [0.15, 0.2) is 0 Å². The van der Waals surface area contributed by atoms with Crippen molar-refractivity contribution in [2.45, 2.75) is 43.1 Å². The molecule has 0 amide bonds. The van der Waals surface area contributed by atoms with Crippen LogP contribution in [-0.2, 0) is 5.75 Å². The summed E-state index contributed by atoms with van der Waals surface area (Å²) >= 11 is 2.04. The largest absolute Gasteiger partial charge is 0.496 e. The van der Waals surface area contributed by atoms with Gasteiger partial charge in [-0.1, -0.05) is 24.7 Å². The Morgan fingerprint density at radius 3 is 2.85 bits per heavy atom. The Morgan fingerprint density at radius 1 is 1.35 bits per heavy atom. The van der Waals surface area contributed by atoms with Crippen molar-refractivity contribution in [1.82, 2.24) is 0 Å². The number of hydrogen-bond donors (Lipinski definition) is 1. The third-order valence-corrected chi connectivity index (χ3v) is 4.95. The minimum Gasteiger partial charge on any atom is -0.496 e. The second-order valence-corrected chi connectivity index (χ2v) is 6.31. The van der Waals surface area contributed by atoms with Gasteiger partial charge >= 0.3 is 0 Å². The fourth-order valence-corrected chi connectivity index (χ4v) is 3.76. The molecule has 0 bridgehead atoms. The summed E-state index contributed by atoms with van der Waals surface area (Å²) in [6.07, 6.45) is 5.98. The molecule has 0 unspecified atom stereocenters. The maximum Gasteiger partial charge on any atom is 0.122 e. The molecule has 1 aromatic carbocycles. The van der Waals surface area contributed by atoms with Crippen LogP contribution in [0.2, 0.25) is 0 Å². The fraction of sp³-hybridized carbons (Fsp3) is 0.529. The third kappa shape index (κ3) is 4.47. The molecule has 0 heterocycles. The first-order chi connectivity index (χ1) is 9.83. The normalized spacial score (nSPS) is 14.9. The Hall–Kier alpha value is -1.11. The second-order valence-electron chi connectivity index (χ2n) is 5.02. The highest BCUT2D eigenvalue weighted by Gasteiger charge is 2.16. The average Bonchev–Trinajstić information content (AvgIpc) is 2.99. The van der Waals surface area contributed by atoms with E-state index in [0.717, 1.165) is 22.3 Å². The number of rotatable bonds is 5. The first-order valence-corrected chi connectivity index (χ1v) is 8.26. The molecule has 0 radical (unpaired) electrons. The van der Waals surface area contributed by atoms with Gasteiger partial charge in [0.25, 0.3) is 0 Å². The number of methoxy groups -OCH3 is 1. The van der Waals surface area contributed by atoms with E-state index in [1.807, 2.05) is 23.9 Å². The average molecular weight is 290 g/mol. The van der Waals surface area contributed by atoms with E-state index >= 15 is 0 Å². The quantitative estimate of drug-likeness (QED) is 0.840. The van der Waals surface area contributed by atoms with Gasteiger partial charge in [0, 0.05) is 28.6 Å². The van der Waals surface area contributed by atoms with Gasteiger partial charge in [-0.25, -0.2) is 0 Å². The molecule has 1 aliphatic carbocycles. The first kappa shape index (κ1) is 15.3. The summed E-state index contributed by atoms with van der Waals surface area (Å²) in [6, 6.07) is 6.09. The predicted molar refractivity (Wildman–Crippen MR) is 85.1 cm³/mol. The molecule has 20 heavy (non-hydrogen) atoms. The van der Waals surface area contributed by atoms with Gasteiger partial charge in [0.2, 0.25) is 0 Å². The Kier molecular flexibility index (Phi) is 6.29. The number of aliphatic hydroxyl groups is 1. The van der Waals surface area contributed by atoms with Gasteiger partial charge in [0.05, 0.1) is 13.7 Å². The molecule has 1 aromatic rings. The van der Waals surface area contributed by atoms with Crippen LogP contribution in [0.1, 0.15) is 43.2 Å². The summed E-state index contributed by atoms with van der Waals surface area (Å²) < 4.78 is 5.44. The van der Waals surface area contributed by atoms with Crippen LogP contribution in [0, 0.1) is 11.8 Å². The molecule has 0 spiro atoms. The van der Waals surface area contributed by atoms with Crippen molar-refractivity contribution in [2.24, 2.45) is 0 Å². The van der Waals surface area contributed by atoms with E-state index in [0.29, 0.717) is 6.42 Å². The minimum absolute atomic E-state index is 0.119. The lowest BCUT2D eigenvalue weighted by Gasteiger charge is -2.12. The molecule has 0 saturated heterocycles. The van der Waals surface area contributed by atoms with Crippen molar-refractivity contribution in [3.05, 3.63) is 29.3 Å². The Labute approximate surface area is 125 Å². The van der Waals surface area contributed by atoms with Crippen molar-refractivity contribution < 1.29 is 9.84 Å². The number of ether oxygens (including phenoxy) is 1. The van der Waals surface area contributed by atoms with Crippen LogP contribution < -0.4 is 4.74 Å². The maximum atomic E-state index is 8.76. The summed E-state index contributed by atoms with van der Waals surface area (Å²) in [4.78, 5) is 0. The molecule has 1 N–H and O–H groups in total. The molecule has 0 aliphatic heterocycles. The fourth-order valence-electron chi connectivity index (χ4n) is 2.45. The van der Waals surface area contributed by atoms with Crippen LogP contribution in [-0.4, -0.2) is 24.1 Å². The molecular formula is C17H22O2S. The minimum atomic E-state index is 0.119. The van der Waals surface area contributed by atoms with E-state index in [4.69, 9.17) is 9.84 Å². The summed E-state index contributed by atoms with van der Waals surface area (Å²) in [6.45, 7) is 0.119. The van der Waals surface area contributed by atoms with Crippen molar-refractivity contribution in [3.63, 3.8) is 0 Å². The van der Waals surface area contributed by atoms with Crippen molar-refractivity contribution in [1.29, 1.82) is 0 Å². The maximum absolute atomic E-state index is 8.76. The van der Waals surface area contributed by atoms with Crippen molar-refractivity contribution in [2.75, 3.05) is 13.7 Å². The van der Waals surface area contributed by atoms with Gasteiger partial charge in [-0.2, -0.15) is 11.8 Å². The zero-order chi connectivity index (χ0) is 14.2. The Bertz CT molecular complexity index is 481. The zero-order valence-electron chi connectivity index (χ0n) is 12.0. The van der Waals surface area contributed by atoms with Gasteiger partial charge in [-0.05, 0) is 31.0 Å². The molecule has 108 valence electrons. The predicted octanol–water partition coefficient (Wildman–Crippen LogP) is 3.60. The molecule has 0 aromatic heterocycles. The number of thioether (sulfide) groups is 1. The van der Waals surface area contributed by atoms with Crippen molar-refractivity contribution >= 4 is 11.8 Å². The highest BCUT2D eigenvalue weighted by Crippen LogP contribution is 2.33. The third-order valence-electron chi connectivity index (χ3n) is 3.53. The van der Waals surface area contributed by atoms with Gasteiger partial charge < -0.3 is 9.84 Å². The molecular weight excluding hydrogens is 268 g/mol. The summed E-state index contributed by atoms with van der Waals surface area (Å²) in [5.41, 5.74) is 2.22. The molecule has 1 aliphatic rings. The topological polar surface area (TPSA) is 29.5 Å².